The first-order chi connectivity index (χ1) is 5.72. The van der Waals surface area contributed by atoms with E-state index in [9.17, 15) is 0 Å². The van der Waals surface area contributed by atoms with Crippen molar-refractivity contribution in [2.45, 2.75) is 51.7 Å². The second kappa shape index (κ2) is 4.47. The molecule has 0 radical (unpaired) electrons. The van der Waals surface area contributed by atoms with Gasteiger partial charge in [-0.1, -0.05) is 0 Å². The van der Waals surface area contributed by atoms with Crippen LogP contribution in [0, 0.1) is 17.2 Å². The van der Waals surface area contributed by atoms with Crippen molar-refractivity contribution in [3.8, 4) is 6.07 Å². The van der Waals surface area contributed by atoms with Crippen molar-refractivity contribution in [3.05, 3.63) is 0 Å². The van der Waals surface area contributed by atoms with Crippen LogP contribution in [0.15, 0.2) is 0 Å². The Labute approximate surface area is 74.5 Å². The Kier molecular flexibility index (Phi) is 3.55. The van der Waals surface area contributed by atoms with Gasteiger partial charge >= 0.3 is 0 Å². The van der Waals surface area contributed by atoms with Crippen LogP contribution in [0.25, 0.3) is 0 Å². The Morgan fingerprint density at radius 3 is 1.83 bits per heavy atom. The van der Waals surface area contributed by atoms with Crippen molar-refractivity contribution in [3.63, 3.8) is 0 Å². The molecule has 3 aliphatic rings. The Balaban J connectivity index is 0.000000130. The summed E-state index contributed by atoms with van der Waals surface area (Å²) in [5.41, 5.74) is 0. The molecule has 2 aliphatic heterocycles. The van der Waals surface area contributed by atoms with Crippen molar-refractivity contribution < 1.29 is 4.74 Å². The van der Waals surface area contributed by atoms with Crippen molar-refractivity contribution >= 4 is 0 Å². The van der Waals surface area contributed by atoms with Gasteiger partial charge < -0.3 is 4.74 Å². The number of hydrogen-bond donors (Lipinski definition) is 0. The maximum Gasteiger partial charge on any atom is 0.0649 e. The van der Waals surface area contributed by atoms with Gasteiger partial charge in [-0.2, -0.15) is 5.26 Å². The molecular formula is C10H17NO. The van der Waals surface area contributed by atoms with Gasteiger partial charge in [0.05, 0.1) is 18.3 Å². The van der Waals surface area contributed by atoms with Gasteiger partial charge in [0, 0.05) is 5.92 Å². The van der Waals surface area contributed by atoms with Crippen LogP contribution in [0.4, 0.5) is 0 Å². The average Bonchev–Trinajstić information content (AvgIpc) is 2.06. The molecule has 2 saturated heterocycles. The SMILES string of the molecule is C1CC2CC(C1)O2.CC(C)C#N. The van der Waals surface area contributed by atoms with Gasteiger partial charge in [-0.3, -0.25) is 0 Å². The second-order valence-corrected chi connectivity index (χ2v) is 3.83. The summed E-state index contributed by atoms with van der Waals surface area (Å²) in [6, 6.07) is 2.03. The largest absolute Gasteiger partial charge is 0.375 e. The summed E-state index contributed by atoms with van der Waals surface area (Å²) >= 11 is 0. The summed E-state index contributed by atoms with van der Waals surface area (Å²) in [5.74, 6) is 0.190. The molecule has 0 aromatic carbocycles. The Hall–Kier alpha value is -0.550. The molecule has 2 unspecified atom stereocenters. The molecule has 0 aromatic heterocycles. The van der Waals surface area contributed by atoms with E-state index in [2.05, 4.69) is 0 Å². The minimum atomic E-state index is 0.190. The third kappa shape index (κ3) is 2.83. The van der Waals surface area contributed by atoms with Gasteiger partial charge in [0.25, 0.3) is 0 Å². The van der Waals surface area contributed by atoms with E-state index >= 15 is 0 Å². The zero-order valence-corrected chi connectivity index (χ0v) is 7.92. The molecule has 3 fully saturated rings. The smallest absolute Gasteiger partial charge is 0.0649 e. The Morgan fingerprint density at radius 1 is 1.33 bits per heavy atom. The lowest BCUT2D eigenvalue weighted by Gasteiger charge is -2.41. The van der Waals surface area contributed by atoms with Gasteiger partial charge in [0.1, 0.15) is 0 Å². The summed E-state index contributed by atoms with van der Waals surface area (Å²) < 4.78 is 5.38. The first kappa shape index (κ1) is 9.54. The topological polar surface area (TPSA) is 33.0 Å². The lowest BCUT2D eigenvalue weighted by atomic mass is 9.89. The summed E-state index contributed by atoms with van der Waals surface area (Å²) in [6.45, 7) is 3.72. The third-order valence-corrected chi connectivity index (χ3v) is 2.22. The fourth-order valence-corrected chi connectivity index (χ4v) is 1.50. The van der Waals surface area contributed by atoms with E-state index in [1.165, 1.54) is 25.7 Å². The first-order valence-electron chi connectivity index (χ1n) is 4.77. The molecule has 3 rings (SSSR count). The Morgan fingerprint density at radius 2 is 1.75 bits per heavy atom. The molecule has 2 bridgehead atoms. The number of nitrogens with zero attached hydrogens (tertiary/aromatic N) is 1. The molecule has 2 heterocycles. The molecule has 0 N–H and O–H groups in total. The molecule has 1 saturated carbocycles. The minimum Gasteiger partial charge on any atom is -0.375 e. The fourth-order valence-electron chi connectivity index (χ4n) is 1.50. The van der Waals surface area contributed by atoms with Gasteiger partial charge in [-0.05, 0) is 39.5 Å². The predicted molar refractivity (Wildman–Crippen MR) is 47.6 cm³/mol. The average molecular weight is 167 g/mol. The third-order valence-electron chi connectivity index (χ3n) is 2.22. The summed E-state index contributed by atoms with van der Waals surface area (Å²) in [4.78, 5) is 0. The number of nitriles is 1. The monoisotopic (exact) mass is 167 g/mol. The predicted octanol–water partition coefficient (Wildman–Crippen LogP) is 2.49. The summed E-state index contributed by atoms with van der Waals surface area (Å²) in [5, 5.41) is 7.89. The highest BCUT2D eigenvalue weighted by molar-refractivity contribution is 4.82. The van der Waals surface area contributed by atoms with Crippen LogP contribution in [0.1, 0.15) is 39.5 Å². The summed E-state index contributed by atoms with van der Waals surface area (Å²) in [6.07, 6.45) is 6.79. The number of hydrogen-bond acceptors (Lipinski definition) is 2. The van der Waals surface area contributed by atoms with E-state index in [4.69, 9.17) is 10.00 Å². The van der Waals surface area contributed by atoms with E-state index in [0.29, 0.717) is 12.2 Å². The maximum atomic E-state index is 7.89. The second-order valence-electron chi connectivity index (χ2n) is 3.83. The first-order valence-corrected chi connectivity index (χ1v) is 4.77. The molecule has 12 heavy (non-hydrogen) atoms. The van der Waals surface area contributed by atoms with Crippen molar-refractivity contribution in [2.24, 2.45) is 5.92 Å². The van der Waals surface area contributed by atoms with E-state index in [-0.39, 0.29) is 5.92 Å². The van der Waals surface area contributed by atoms with Crippen LogP contribution in [-0.4, -0.2) is 12.2 Å². The standard InChI is InChI=1S/C6H10O.C4H7N/c1-2-5-4-6(3-1)7-5;1-4(2)3-5/h5-6H,1-4H2;4H,1-2H3. The van der Waals surface area contributed by atoms with E-state index in [1.54, 1.807) is 0 Å². The van der Waals surface area contributed by atoms with E-state index in [0.717, 1.165) is 0 Å². The molecule has 2 atom stereocenters. The van der Waals surface area contributed by atoms with Gasteiger partial charge in [-0.15, -0.1) is 0 Å². The molecule has 0 amide bonds. The highest BCUT2D eigenvalue weighted by Crippen LogP contribution is 2.33. The highest BCUT2D eigenvalue weighted by Gasteiger charge is 2.33. The molecule has 0 spiro atoms. The molecule has 1 aliphatic carbocycles. The molecule has 2 heteroatoms. The van der Waals surface area contributed by atoms with Crippen LogP contribution >= 0.6 is 0 Å². The zero-order chi connectivity index (χ0) is 8.97. The molecule has 68 valence electrons. The van der Waals surface area contributed by atoms with Crippen molar-refractivity contribution in [1.82, 2.24) is 0 Å². The number of ether oxygens (including phenoxy) is 1. The number of rotatable bonds is 0. The fraction of sp³-hybridized carbons (Fsp3) is 0.900. The molecule has 0 aromatic rings. The van der Waals surface area contributed by atoms with Crippen LogP contribution in [0.2, 0.25) is 0 Å². The zero-order valence-electron chi connectivity index (χ0n) is 7.92. The van der Waals surface area contributed by atoms with E-state index < -0.39 is 0 Å². The van der Waals surface area contributed by atoms with Crippen LogP contribution in [0.5, 0.6) is 0 Å². The lowest BCUT2D eigenvalue weighted by molar-refractivity contribution is -0.155. The molecular weight excluding hydrogens is 150 g/mol. The van der Waals surface area contributed by atoms with Crippen molar-refractivity contribution in [1.29, 1.82) is 5.26 Å². The lowest BCUT2D eigenvalue weighted by Crippen LogP contribution is -2.41. The number of fused-ring (bicyclic) bond motifs is 2. The van der Waals surface area contributed by atoms with Crippen molar-refractivity contribution in [2.75, 3.05) is 0 Å². The summed E-state index contributed by atoms with van der Waals surface area (Å²) in [7, 11) is 0. The quantitative estimate of drug-likeness (QED) is 0.555. The van der Waals surface area contributed by atoms with Crippen LogP contribution < -0.4 is 0 Å². The Bertz CT molecular complexity index is 152. The normalized spacial score (nSPS) is 31.2. The highest BCUT2D eigenvalue weighted by atomic mass is 16.5. The maximum absolute atomic E-state index is 7.89. The van der Waals surface area contributed by atoms with Crippen LogP contribution in [-0.2, 0) is 4.74 Å². The van der Waals surface area contributed by atoms with Gasteiger partial charge in [-0.25, -0.2) is 0 Å². The minimum absolute atomic E-state index is 0.190. The van der Waals surface area contributed by atoms with Crippen LogP contribution in [0.3, 0.4) is 0 Å². The van der Waals surface area contributed by atoms with Gasteiger partial charge in [0.2, 0.25) is 0 Å². The van der Waals surface area contributed by atoms with E-state index in [1.807, 2.05) is 19.9 Å². The molecule has 2 nitrogen and oxygen atoms in total. The van der Waals surface area contributed by atoms with Gasteiger partial charge in [0.15, 0.2) is 0 Å².